The second-order valence-electron chi connectivity index (χ2n) is 5.81. The van der Waals surface area contributed by atoms with Gasteiger partial charge in [-0.15, -0.1) is 0 Å². The van der Waals surface area contributed by atoms with Crippen molar-refractivity contribution in [2.75, 3.05) is 43.4 Å². The van der Waals surface area contributed by atoms with E-state index in [9.17, 15) is 14.9 Å². The van der Waals surface area contributed by atoms with Gasteiger partial charge in [-0.2, -0.15) is 0 Å². The van der Waals surface area contributed by atoms with Crippen LogP contribution in [0.25, 0.3) is 0 Å². The molecule has 0 bridgehead atoms. The van der Waals surface area contributed by atoms with Gasteiger partial charge in [0, 0.05) is 50.1 Å². The number of hydrogen-bond donors (Lipinski definition) is 1. The molecule has 1 N–H and O–H groups in total. The second kappa shape index (κ2) is 7.22. The number of carbonyl (C=O) groups is 1. The Kier molecular flexibility index (Phi) is 4.85. The average Bonchev–Trinajstić information content (AvgIpc) is 2.62. The van der Waals surface area contributed by atoms with Gasteiger partial charge in [-0.3, -0.25) is 14.9 Å². The zero-order valence-electron chi connectivity index (χ0n) is 13.8. The largest absolute Gasteiger partial charge is 0.354 e. The Bertz CT molecular complexity index is 789. The Morgan fingerprint density at radius 1 is 1.20 bits per heavy atom. The number of anilines is 2. The van der Waals surface area contributed by atoms with Crippen LogP contribution in [0.5, 0.6) is 0 Å². The van der Waals surface area contributed by atoms with Gasteiger partial charge < -0.3 is 15.1 Å². The van der Waals surface area contributed by atoms with Crippen LogP contribution in [0.3, 0.4) is 0 Å². The topological polar surface area (TPSA) is 104 Å². The lowest BCUT2D eigenvalue weighted by Gasteiger charge is -2.33. The number of nitrogens with zero attached hydrogens (tertiary/aromatic N) is 5. The lowest BCUT2D eigenvalue weighted by molar-refractivity contribution is -0.384. The maximum atomic E-state index is 12.4. The van der Waals surface area contributed by atoms with Gasteiger partial charge in [0.25, 0.3) is 11.6 Å². The number of nitrogens with one attached hydrogen (secondary N) is 1. The summed E-state index contributed by atoms with van der Waals surface area (Å²) in [5.41, 5.74) is 0.480. The molecule has 0 saturated carbocycles. The van der Waals surface area contributed by atoms with Crippen LogP contribution in [-0.2, 0) is 0 Å². The minimum absolute atomic E-state index is 0.0846. The smallest absolute Gasteiger partial charge is 0.274 e. The van der Waals surface area contributed by atoms with Crippen molar-refractivity contribution in [3.8, 4) is 0 Å². The monoisotopic (exact) mass is 342 g/mol. The fourth-order valence-electron chi connectivity index (χ4n) is 2.57. The first kappa shape index (κ1) is 16.8. The van der Waals surface area contributed by atoms with Gasteiger partial charge in [0.2, 0.25) is 0 Å². The van der Waals surface area contributed by atoms with Crippen molar-refractivity contribution in [3.63, 3.8) is 0 Å². The summed E-state index contributed by atoms with van der Waals surface area (Å²) in [6.45, 7) is 3.53. The van der Waals surface area contributed by atoms with E-state index in [2.05, 4.69) is 32.1 Å². The molecule has 130 valence electrons. The molecule has 3 rings (SSSR count). The van der Waals surface area contributed by atoms with Crippen LogP contribution in [0.1, 0.15) is 10.5 Å². The van der Waals surface area contributed by atoms with Crippen LogP contribution < -0.4 is 10.2 Å². The van der Waals surface area contributed by atoms with E-state index in [4.69, 9.17) is 0 Å². The molecule has 1 fully saturated rings. The molecule has 1 aromatic heterocycles. The number of non-ortho nitro benzene ring substituents is 1. The van der Waals surface area contributed by atoms with Crippen LogP contribution in [-0.4, -0.2) is 58.9 Å². The number of piperazine rings is 1. The molecule has 9 heteroatoms. The lowest BCUT2D eigenvalue weighted by atomic mass is 10.2. The van der Waals surface area contributed by atoms with E-state index in [0.29, 0.717) is 11.5 Å². The van der Waals surface area contributed by atoms with Crippen LogP contribution in [0.2, 0.25) is 0 Å². The predicted molar refractivity (Wildman–Crippen MR) is 92.8 cm³/mol. The van der Waals surface area contributed by atoms with Crippen molar-refractivity contribution in [1.82, 2.24) is 14.9 Å². The molecule has 1 aromatic carbocycles. The van der Waals surface area contributed by atoms with E-state index in [1.54, 1.807) is 12.1 Å². The van der Waals surface area contributed by atoms with Gasteiger partial charge in [-0.25, -0.2) is 9.97 Å². The van der Waals surface area contributed by atoms with Crippen molar-refractivity contribution >= 4 is 23.1 Å². The summed E-state index contributed by atoms with van der Waals surface area (Å²) in [6, 6.07) is 7.42. The number of nitro groups is 1. The molecule has 0 atom stereocenters. The SMILES string of the molecule is CN1CCN(c2cc(C(=O)Nc3cccc([N+](=O)[O-])c3)ncn2)CC1. The first-order valence-corrected chi connectivity index (χ1v) is 7.84. The number of benzene rings is 1. The highest BCUT2D eigenvalue weighted by Gasteiger charge is 2.18. The molecular formula is C16H18N6O3. The van der Waals surface area contributed by atoms with Crippen LogP contribution in [0.4, 0.5) is 17.2 Å². The van der Waals surface area contributed by atoms with Gasteiger partial charge in [-0.05, 0) is 13.1 Å². The summed E-state index contributed by atoms with van der Waals surface area (Å²) in [4.78, 5) is 35.3. The van der Waals surface area contributed by atoms with E-state index >= 15 is 0 Å². The number of carbonyl (C=O) groups excluding carboxylic acids is 1. The maximum absolute atomic E-state index is 12.4. The van der Waals surface area contributed by atoms with Gasteiger partial charge in [0.05, 0.1) is 4.92 Å². The van der Waals surface area contributed by atoms with E-state index in [1.165, 1.54) is 24.5 Å². The standard InChI is InChI=1S/C16H18N6O3/c1-20-5-7-21(8-6-20)15-10-14(17-11-18-15)16(23)19-12-3-2-4-13(9-12)22(24)25/h2-4,9-11H,5-8H2,1H3,(H,19,23). The molecule has 0 radical (unpaired) electrons. The normalized spacial score (nSPS) is 15.0. The molecule has 1 aliphatic heterocycles. The maximum Gasteiger partial charge on any atom is 0.274 e. The minimum atomic E-state index is -0.508. The molecule has 25 heavy (non-hydrogen) atoms. The first-order chi connectivity index (χ1) is 12.0. The molecule has 0 spiro atoms. The number of nitro benzene ring substituents is 1. The fourth-order valence-corrected chi connectivity index (χ4v) is 2.57. The van der Waals surface area contributed by atoms with Gasteiger partial charge in [0.1, 0.15) is 17.8 Å². The second-order valence-corrected chi connectivity index (χ2v) is 5.81. The van der Waals surface area contributed by atoms with Crippen molar-refractivity contribution in [2.45, 2.75) is 0 Å². The molecule has 2 aromatic rings. The molecule has 1 amide bonds. The molecular weight excluding hydrogens is 324 g/mol. The summed E-state index contributed by atoms with van der Waals surface area (Å²) in [7, 11) is 2.06. The van der Waals surface area contributed by atoms with Crippen LogP contribution in [0, 0.1) is 10.1 Å². The summed E-state index contributed by atoms with van der Waals surface area (Å²) < 4.78 is 0. The molecule has 2 heterocycles. The average molecular weight is 342 g/mol. The van der Waals surface area contributed by atoms with Crippen LogP contribution in [0.15, 0.2) is 36.7 Å². The van der Waals surface area contributed by atoms with E-state index in [0.717, 1.165) is 26.2 Å². The highest BCUT2D eigenvalue weighted by atomic mass is 16.6. The zero-order valence-corrected chi connectivity index (χ0v) is 13.8. The first-order valence-electron chi connectivity index (χ1n) is 7.84. The Balaban J connectivity index is 1.73. The Morgan fingerprint density at radius 3 is 2.68 bits per heavy atom. The summed E-state index contributed by atoms with van der Waals surface area (Å²) >= 11 is 0. The van der Waals surface area contributed by atoms with E-state index in [1.807, 2.05) is 0 Å². The Hall–Kier alpha value is -3.07. The van der Waals surface area contributed by atoms with Gasteiger partial charge >= 0.3 is 0 Å². The predicted octanol–water partition coefficient (Wildman–Crippen LogP) is 1.39. The third-order valence-corrected chi connectivity index (χ3v) is 4.03. The summed E-state index contributed by atoms with van der Waals surface area (Å²) in [5.74, 6) is 0.269. The summed E-state index contributed by atoms with van der Waals surface area (Å²) in [5, 5.41) is 13.4. The van der Waals surface area contributed by atoms with Gasteiger partial charge in [0.15, 0.2) is 0 Å². The van der Waals surface area contributed by atoms with Crippen molar-refractivity contribution in [2.24, 2.45) is 0 Å². The number of rotatable bonds is 4. The highest BCUT2D eigenvalue weighted by Crippen LogP contribution is 2.18. The number of amides is 1. The van der Waals surface area contributed by atoms with Crippen molar-refractivity contribution in [1.29, 1.82) is 0 Å². The van der Waals surface area contributed by atoms with E-state index < -0.39 is 10.8 Å². The molecule has 1 saturated heterocycles. The number of hydrogen-bond acceptors (Lipinski definition) is 7. The van der Waals surface area contributed by atoms with Crippen molar-refractivity contribution < 1.29 is 9.72 Å². The number of likely N-dealkylation sites (N-methyl/N-ethyl adjacent to an activating group) is 1. The fraction of sp³-hybridized carbons (Fsp3) is 0.312. The highest BCUT2D eigenvalue weighted by molar-refractivity contribution is 6.03. The molecule has 9 nitrogen and oxygen atoms in total. The van der Waals surface area contributed by atoms with Gasteiger partial charge in [-0.1, -0.05) is 6.07 Å². The molecule has 1 aliphatic rings. The van der Waals surface area contributed by atoms with E-state index in [-0.39, 0.29) is 11.4 Å². The summed E-state index contributed by atoms with van der Waals surface area (Å²) in [6.07, 6.45) is 1.36. The Morgan fingerprint density at radius 2 is 1.96 bits per heavy atom. The third kappa shape index (κ3) is 4.07. The zero-order chi connectivity index (χ0) is 17.8. The van der Waals surface area contributed by atoms with Crippen molar-refractivity contribution in [3.05, 3.63) is 52.5 Å². The number of aromatic nitrogens is 2. The third-order valence-electron chi connectivity index (χ3n) is 4.03. The molecule has 0 aliphatic carbocycles. The Labute approximate surface area is 144 Å². The van der Waals surface area contributed by atoms with Crippen LogP contribution >= 0.6 is 0 Å². The molecule has 0 unspecified atom stereocenters. The quantitative estimate of drug-likeness (QED) is 0.661. The lowest BCUT2D eigenvalue weighted by Crippen LogP contribution is -2.44. The minimum Gasteiger partial charge on any atom is -0.354 e.